The summed E-state index contributed by atoms with van der Waals surface area (Å²) in [5, 5.41) is 0. The van der Waals surface area contributed by atoms with Crippen LogP contribution in [0, 0.1) is 0 Å². The Hall–Kier alpha value is -3.83. The molecule has 3 aromatic rings. The van der Waals surface area contributed by atoms with E-state index in [1.54, 1.807) is 30.4 Å². The van der Waals surface area contributed by atoms with Gasteiger partial charge >= 0.3 is 0 Å². The number of anilines is 2. The van der Waals surface area contributed by atoms with Crippen LogP contribution in [-0.2, 0) is 9.53 Å². The van der Waals surface area contributed by atoms with Gasteiger partial charge in [0.1, 0.15) is 12.1 Å². The molecule has 4 N–H and O–H groups in total. The highest BCUT2D eigenvalue weighted by molar-refractivity contribution is 5.83. The first kappa shape index (κ1) is 24.8. The van der Waals surface area contributed by atoms with Gasteiger partial charge in [-0.3, -0.25) is 4.79 Å². The van der Waals surface area contributed by atoms with Gasteiger partial charge in [-0.05, 0) is 12.5 Å². The number of hydrogen-bond acceptors (Lipinski definition) is 10. The zero-order valence-electron chi connectivity index (χ0n) is 21.0. The predicted octanol–water partition coefficient (Wildman–Crippen LogP) is 1.81. The van der Waals surface area contributed by atoms with Gasteiger partial charge in [0.25, 0.3) is 0 Å². The third kappa shape index (κ3) is 5.47. The van der Waals surface area contributed by atoms with Crippen molar-refractivity contribution in [3.05, 3.63) is 54.4 Å². The largest absolute Gasteiger partial charge is 0.474 e. The maximum absolute atomic E-state index is 12.9. The smallest absolute Gasteiger partial charge is 0.244 e. The van der Waals surface area contributed by atoms with Crippen LogP contribution < -0.4 is 21.1 Å². The number of nitrogens with zero attached hydrogens (tertiary/aromatic N) is 6. The van der Waals surface area contributed by atoms with Crippen molar-refractivity contribution >= 4 is 17.8 Å². The molecule has 1 aromatic carbocycles. The highest BCUT2D eigenvalue weighted by Crippen LogP contribution is 2.32. The second kappa shape index (κ2) is 10.7. The Balaban J connectivity index is 1.29. The summed E-state index contributed by atoms with van der Waals surface area (Å²) in [5.74, 6) is 1.12. The molecule has 2 aliphatic rings. The molecule has 194 valence electrons. The van der Waals surface area contributed by atoms with Gasteiger partial charge in [0.2, 0.25) is 23.7 Å². The Morgan fingerprint density at radius 1 is 1.19 bits per heavy atom. The summed E-state index contributed by atoms with van der Waals surface area (Å²) < 4.78 is 11.8. The van der Waals surface area contributed by atoms with Crippen molar-refractivity contribution in [2.24, 2.45) is 5.73 Å². The normalized spacial score (nSPS) is 22.1. The number of morpholine rings is 1. The van der Waals surface area contributed by atoms with Crippen LogP contribution in [-0.4, -0.2) is 75.7 Å². The maximum Gasteiger partial charge on any atom is 0.244 e. The van der Waals surface area contributed by atoms with Crippen LogP contribution in [0.1, 0.15) is 31.4 Å². The fourth-order valence-corrected chi connectivity index (χ4v) is 4.57. The van der Waals surface area contributed by atoms with E-state index >= 15 is 0 Å². The second-order valence-corrected chi connectivity index (χ2v) is 9.54. The number of amides is 1. The summed E-state index contributed by atoms with van der Waals surface area (Å²) in [6.07, 6.45) is 4.58. The highest BCUT2D eigenvalue weighted by Gasteiger charge is 2.37. The van der Waals surface area contributed by atoms with Crippen LogP contribution in [0.15, 0.2) is 48.8 Å². The molecule has 1 aliphatic carbocycles. The summed E-state index contributed by atoms with van der Waals surface area (Å²) in [6, 6.07) is 10.7. The Kier molecular flexibility index (Phi) is 7.15. The van der Waals surface area contributed by atoms with Crippen LogP contribution >= 0.6 is 0 Å². The van der Waals surface area contributed by atoms with Crippen molar-refractivity contribution in [1.82, 2.24) is 24.8 Å². The number of benzene rings is 1. The van der Waals surface area contributed by atoms with E-state index in [-0.39, 0.29) is 30.0 Å². The molecule has 2 atom stereocenters. The van der Waals surface area contributed by atoms with E-state index in [1.807, 2.05) is 30.3 Å². The van der Waals surface area contributed by atoms with E-state index in [9.17, 15) is 4.79 Å². The summed E-state index contributed by atoms with van der Waals surface area (Å²) in [7, 11) is 1.80. The van der Waals surface area contributed by atoms with E-state index < -0.39 is 6.04 Å². The Labute approximate surface area is 215 Å². The first-order chi connectivity index (χ1) is 17.9. The fraction of sp³-hybridized carbons (Fsp3) is 0.423. The van der Waals surface area contributed by atoms with Gasteiger partial charge in [0, 0.05) is 56.5 Å². The predicted molar refractivity (Wildman–Crippen MR) is 139 cm³/mol. The molecule has 1 amide bonds. The van der Waals surface area contributed by atoms with Gasteiger partial charge in [-0.1, -0.05) is 30.3 Å². The van der Waals surface area contributed by atoms with Crippen LogP contribution in [0.2, 0.25) is 0 Å². The van der Waals surface area contributed by atoms with Gasteiger partial charge in [-0.15, -0.1) is 0 Å². The van der Waals surface area contributed by atoms with Crippen molar-refractivity contribution in [3.8, 4) is 17.1 Å². The van der Waals surface area contributed by atoms with Crippen LogP contribution in [0.25, 0.3) is 11.3 Å². The molecule has 1 saturated carbocycles. The molecule has 1 aliphatic heterocycles. The number of hydrogen-bond donors (Lipinski definition) is 2. The lowest BCUT2D eigenvalue weighted by Crippen LogP contribution is -2.52. The van der Waals surface area contributed by atoms with Gasteiger partial charge in [0.15, 0.2) is 0 Å². The summed E-state index contributed by atoms with van der Waals surface area (Å²) >= 11 is 0. The molecule has 2 fully saturated rings. The van der Waals surface area contributed by atoms with E-state index in [0.29, 0.717) is 50.1 Å². The minimum absolute atomic E-state index is 0.0535. The van der Waals surface area contributed by atoms with Gasteiger partial charge in [-0.2, -0.15) is 4.98 Å². The number of nitrogens with two attached hydrogens (primary N) is 2. The van der Waals surface area contributed by atoms with Crippen molar-refractivity contribution < 1.29 is 14.3 Å². The van der Waals surface area contributed by atoms with Crippen molar-refractivity contribution in [2.45, 2.75) is 44.0 Å². The van der Waals surface area contributed by atoms with Crippen molar-refractivity contribution in [1.29, 1.82) is 0 Å². The molecule has 11 heteroatoms. The van der Waals surface area contributed by atoms with E-state index in [0.717, 1.165) is 11.1 Å². The van der Waals surface area contributed by atoms with E-state index in [1.165, 1.54) is 0 Å². The van der Waals surface area contributed by atoms with Crippen LogP contribution in [0.4, 0.5) is 11.9 Å². The molecule has 0 radical (unpaired) electrons. The molecule has 2 aromatic heterocycles. The monoisotopic (exact) mass is 504 g/mol. The zero-order valence-corrected chi connectivity index (χ0v) is 21.0. The Morgan fingerprint density at radius 2 is 1.92 bits per heavy atom. The third-order valence-corrected chi connectivity index (χ3v) is 6.96. The lowest BCUT2D eigenvalue weighted by atomic mass is 9.87. The van der Waals surface area contributed by atoms with Crippen molar-refractivity contribution in [3.63, 3.8) is 0 Å². The fourth-order valence-electron chi connectivity index (χ4n) is 4.57. The summed E-state index contributed by atoms with van der Waals surface area (Å²) in [4.78, 5) is 34.4. The number of rotatable bonds is 7. The van der Waals surface area contributed by atoms with E-state index in [4.69, 9.17) is 30.9 Å². The lowest BCUT2D eigenvalue weighted by Gasteiger charge is -2.41. The van der Waals surface area contributed by atoms with Gasteiger partial charge in [0.05, 0.1) is 24.9 Å². The molecule has 3 heterocycles. The molecular formula is C26H32N8O3. The Bertz CT molecular complexity index is 1220. The number of likely N-dealkylation sites (N-methyl/N-ethyl adjacent to an activating group) is 1. The SMILES string of the molecule is C[C@H]1COCCN1c1nc(O[C@H]2C[C@H](N(C)C(=O)[C@H](N)c3ccccc3)C2)cc(-c2cnc(N)nc2)n1. The number of aromatic nitrogens is 4. The van der Waals surface area contributed by atoms with E-state index in [2.05, 4.69) is 21.8 Å². The number of carbonyl (C=O) groups is 1. The molecule has 0 spiro atoms. The first-order valence-electron chi connectivity index (χ1n) is 12.4. The molecule has 0 bridgehead atoms. The topological polar surface area (TPSA) is 146 Å². The number of nitrogen functional groups attached to an aromatic ring is 1. The third-order valence-electron chi connectivity index (χ3n) is 6.96. The molecule has 5 rings (SSSR count). The number of carbonyl (C=O) groups excluding carboxylic acids is 1. The molecule has 0 unspecified atom stereocenters. The van der Waals surface area contributed by atoms with Gasteiger partial charge < -0.3 is 30.7 Å². The van der Waals surface area contributed by atoms with Crippen LogP contribution in [0.5, 0.6) is 5.88 Å². The zero-order chi connectivity index (χ0) is 25.9. The molecule has 11 nitrogen and oxygen atoms in total. The van der Waals surface area contributed by atoms with Crippen molar-refractivity contribution in [2.75, 3.05) is 37.4 Å². The van der Waals surface area contributed by atoms with Gasteiger partial charge in [-0.25, -0.2) is 15.0 Å². The molecule has 1 saturated heterocycles. The second-order valence-electron chi connectivity index (χ2n) is 9.54. The minimum atomic E-state index is -0.684. The molecule has 37 heavy (non-hydrogen) atoms. The average molecular weight is 505 g/mol. The van der Waals surface area contributed by atoms with Crippen LogP contribution in [0.3, 0.4) is 0 Å². The quantitative estimate of drug-likeness (QED) is 0.488. The standard InChI is InChI=1S/C26H32N8O3/c1-16-15-36-9-8-34(16)26-31-21(18-13-29-25(28)30-14-18)12-22(32-26)37-20-10-19(11-20)33(2)24(35)23(27)17-6-4-3-5-7-17/h3-7,12-14,16,19-20,23H,8-11,15,27H2,1-2H3,(H2,28,29,30)/t16-,19-,20-,23+/m0/s1. The summed E-state index contributed by atoms with van der Waals surface area (Å²) in [5.41, 5.74) is 14.1. The minimum Gasteiger partial charge on any atom is -0.474 e. The summed E-state index contributed by atoms with van der Waals surface area (Å²) in [6.45, 7) is 3.97. The average Bonchev–Trinajstić information content (AvgIpc) is 2.90. The molecular weight excluding hydrogens is 472 g/mol. The maximum atomic E-state index is 12.9. The lowest BCUT2D eigenvalue weighted by molar-refractivity contribution is -0.137. The first-order valence-corrected chi connectivity index (χ1v) is 12.4. The highest BCUT2D eigenvalue weighted by atomic mass is 16.5. The Morgan fingerprint density at radius 3 is 2.62 bits per heavy atom. The number of ether oxygens (including phenoxy) is 2.